The van der Waals surface area contributed by atoms with Crippen LogP contribution in [0, 0.1) is 0 Å². The number of amides is 1. The topological polar surface area (TPSA) is 29.5 Å². The van der Waals surface area contributed by atoms with E-state index >= 15 is 0 Å². The highest BCUT2D eigenvalue weighted by molar-refractivity contribution is 6.33. The maximum atomic E-state index is 12.4. The van der Waals surface area contributed by atoms with Crippen LogP contribution in [0.3, 0.4) is 0 Å². The first kappa shape index (κ1) is 12.4. The molecular weight excluding hydrogens is 238 g/mol. The summed E-state index contributed by atoms with van der Waals surface area (Å²) in [5.41, 5.74) is 0.565. The van der Waals surface area contributed by atoms with E-state index in [4.69, 9.17) is 16.3 Å². The van der Waals surface area contributed by atoms with Crippen molar-refractivity contribution in [3.05, 3.63) is 34.9 Å². The highest BCUT2D eigenvalue weighted by Gasteiger charge is 2.30. The molecular formula is C13H16ClNO2. The Labute approximate surface area is 106 Å². The SMILES string of the molecule is CC1OCCN(C(=O)c2ccccc2Cl)C1C. The zero-order valence-corrected chi connectivity index (χ0v) is 10.8. The smallest absolute Gasteiger partial charge is 0.255 e. The van der Waals surface area contributed by atoms with E-state index in [0.29, 0.717) is 23.7 Å². The van der Waals surface area contributed by atoms with Gasteiger partial charge in [0.2, 0.25) is 0 Å². The van der Waals surface area contributed by atoms with Gasteiger partial charge in [0.1, 0.15) is 0 Å². The second kappa shape index (κ2) is 5.07. The Hall–Kier alpha value is -1.06. The number of hydrogen-bond acceptors (Lipinski definition) is 2. The second-order valence-electron chi connectivity index (χ2n) is 4.29. The van der Waals surface area contributed by atoms with Gasteiger partial charge in [0.15, 0.2) is 0 Å². The van der Waals surface area contributed by atoms with Crippen molar-refractivity contribution in [3.8, 4) is 0 Å². The molecule has 17 heavy (non-hydrogen) atoms. The standard InChI is InChI=1S/C13H16ClNO2/c1-9-10(2)17-8-7-15(9)13(16)11-5-3-4-6-12(11)14/h3-6,9-10H,7-8H2,1-2H3. The Morgan fingerprint density at radius 2 is 2.12 bits per heavy atom. The molecule has 4 heteroatoms. The van der Waals surface area contributed by atoms with Gasteiger partial charge in [0.05, 0.1) is 29.3 Å². The minimum atomic E-state index is -0.0155. The lowest BCUT2D eigenvalue weighted by atomic mass is 10.1. The molecule has 2 atom stereocenters. The van der Waals surface area contributed by atoms with E-state index < -0.39 is 0 Å². The Balaban J connectivity index is 2.23. The molecule has 3 nitrogen and oxygen atoms in total. The third kappa shape index (κ3) is 2.45. The molecule has 1 heterocycles. The van der Waals surface area contributed by atoms with E-state index in [0.717, 1.165) is 0 Å². The highest BCUT2D eigenvalue weighted by atomic mass is 35.5. The average molecular weight is 254 g/mol. The molecule has 0 aliphatic carbocycles. The lowest BCUT2D eigenvalue weighted by molar-refractivity contribution is -0.0440. The van der Waals surface area contributed by atoms with Gasteiger partial charge in [-0.05, 0) is 26.0 Å². The van der Waals surface area contributed by atoms with Gasteiger partial charge in [-0.3, -0.25) is 4.79 Å². The number of benzene rings is 1. The summed E-state index contributed by atoms with van der Waals surface area (Å²) in [5, 5.41) is 0.504. The number of carbonyl (C=O) groups is 1. The molecule has 1 aromatic rings. The molecule has 0 saturated carbocycles. The van der Waals surface area contributed by atoms with E-state index in [1.807, 2.05) is 30.9 Å². The molecule has 0 N–H and O–H groups in total. The fraction of sp³-hybridized carbons (Fsp3) is 0.462. The lowest BCUT2D eigenvalue weighted by Crippen LogP contribution is -2.51. The summed E-state index contributed by atoms with van der Waals surface area (Å²) in [7, 11) is 0. The van der Waals surface area contributed by atoms with Crippen LogP contribution in [0.2, 0.25) is 5.02 Å². The minimum Gasteiger partial charge on any atom is -0.375 e. The average Bonchev–Trinajstić information content (AvgIpc) is 2.32. The first-order valence-electron chi connectivity index (χ1n) is 5.78. The van der Waals surface area contributed by atoms with Gasteiger partial charge in [-0.1, -0.05) is 23.7 Å². The van der Waals surface area contributed by atoms with Gasteiger partial charge < -0.3 is 9.64 Å². The quantitative estimate of drug-likeness (QED) is 0.770. The Bertz CT molecular complexity index is 422. The molecule has 92 valence electrons. The number of halogens is 1. The lowest BCUT2D eigenvalue weighted by Gasteiger charge is -2.38. The van der Waals surface area contributed by atoms with Crippen LogP contribution in [0.4, 0.5) is 0 Å². The van der Waals surface area contributed by atoms with E-state index in [-0.39, 0.29) is 18.1 Å². The zero-order chi connectivity index (χ0) is 12.4. The van der Waals surface area contributed by atoms with Gasteiger partial charge in [0.25, 0.3) is 5.91 Å². The summed E-state index contributed by atoms with van der Waals surface area (Å²) in [6, 6.07) is 7.23. The summed E-state index contributed by atoms with van der Waals surface area (Å²) in [6.07, 6.45) is 0.0650. The molecule has 2 unspecified atom stereocenters. The Kier molecular flexibility index (Phi) is 3.69. The monoisotopic (exact) mass is 253 g/mol. The van der Waals surface area contributed by atoms with Crippen LogP contribution in [-0.4, -0.2) is 36.1 Å². The maximum Gasteiger partial charge on any atom is 0.255 e. The summed E-state index contributed by atoms with van der Waals surface area (Å²) < 4.78 is 5.51. The highest BCUT2D eigenvalue weighted by Crippen LogP contribution is 2.21. The first-order chi connectivity index (χ1) is 8.11. The van der Waals surface area contributed by atoms with Gasteiger partial charge in [-0.25, -0.2) is 0 Å². The van der Waals surface area contributed by atoms with E-state index in [1.165, 1.54) is 0 Å². The van der Waals surface area contributed by atoms with Gasteiger partial charge in [0, 0.05) is 6.54 Å². The normalized spacial score (nSPS) is 24.8. The van der Waals surface area contributed by atoms with Crippen LogP contribution in [0.1, 0.15) is 24.2 Å². The molecule has 1 saturated heterocycles. The predicted octanol–water partition coefficient (Wildman–Crippen LogP) is 2.59. The molecule has 0 spiro atoms. The number of rotatable bonds is 1. The van der Waals surface area contributed by atoms with Crippen molar-refractivity contribution in [2.45, 2.75) is 26.0 Å². The first-order valence-corrected chi connectivity index (χ1v) is 6.16. The van der Waals surface area contributed by atoms with Crippen molar-refractivity contribution in [2.24, 2.45) is 0 Å². The van der Waals surface area contributed by atoms with Gasteiger partial charge in [-0.2, -0.15) is 0 Å². The molecule has 0 radical (unpaired) electrons. The van der Waals surface area contributed by atoms with E-state index in [2.05, 4.69) is 0 Å². The molecule has 2 rings (SSSR count). The van der Waals surface area contributed by atoms with Crippen molar-refractivity contribution >= 4 is 17.5 Å². The molecule has 1 aromatic carbocycles. The van der Waals surface area contributed by atoms with Crippen LogP contribution in [-0.2, 0) is 4.74 Å². The van der Waals surface area contributed by atoms with Crippen LogP contribution in [0.5, 0.6) is 0 Å². The summed E-state index contributed by atoms with van der Waals surface area (Å²) in [4.78, 5) is 14.2. The van der Waals surface area contributed by atoms with E-state index in [1.54, 1.807) is 12.1 Å². The number of hydrogen-bond donors (Lipinski definition) is 0. The summed E-state index contributed by atoms with van der Waals surface area (Å²) in [6.45, 7) is 5.19. The molecule has 1 aliphatic rings. The van der Waals surface area contributed by atoms with Crippen molar-refractivity contribution in [3.63, 3.8) is 0 Å². The van der Waals surface area contributed by atoms with Crippen molar-refractivity contribution in [1.29, 1.82) is 0 Å². The van der Waals surface area contributed by atoms with E-state index in [9.17, 15) is 4.79 Å². The Morgan fingerprint density at radius 3 is 2.82 bits per heavy atom. The fourth-order valence-electron chi connectivity index (χ4n) is 2.01. The molecule has 1 amide bonds. The number of ether oxygens (including phenoxy) is 1. The fourth-order valence-corrected chi connectivity index (χ4v) is 2.23. The summed E-state index contributed by atoms with van der Waals surface area (Å²) >= 11 is 6.04. The molecule has 0 bridgehead atoms. The van der Waals surface area contributed by atoms with Crippen LogP contribution in [0.25, 0.3) is 0 Å². The molecule has 1 aliphatic heterocycles. The molecule has 1 fully saturated rings. The maximum absolute atomic E-state index is 12.4. The number of morpholine rings is 1. The third-order valence-corrected chi connectivity index (χ3v) is 3.58. The largest absolute Gasteiger partial charge is 0.375 e. The van der Waals surface area contributed by atoms with Crippen LogP contribution >= 0.6 is 11.6 Å². The van der Waals surface area contributed by atoms with Crippen LogP contribution in [0.15, 0.2) is 24.3 Å². The second-order valence-corrected chi connectivity index (χ2v) is 4.70. The zero-order valence-electron chi connectivity index (χ0n) is 10.0. The van der Waals surface area contributed by atoms with Crippen LogP contribution < -0.4 is 0 Å². The predicted molar refractivity (Wildman–Crippen MR) is 67.4 cm³/mol. The number of nitrogens with zero attached hydrogens (tertiary/aromatic N) is 1. The number of carbonyl (C=O) groups excluding carboxylic acids is 1. The van der Waals surface area contributed by atoms with Crippen molar-refractivity contribution in [2.75, 3.05) is 13.2 Å². The minimum absolute atomic E-state index is 0.0155. The van der Waals surface area contributed by atoms with Gasteiger partial charge in [-0.15, -0.1) is 0 Å². The van der Waals surface area contributed by atoms with Gasteiger partial charge >= 0.3 is 0 Å². The van der Waals surface area contributed by atoms with Crippen molar-refractivity contribution < 1.29 is 9.53 Å². The summed E-state index contributed by atoms with van der Waals surface area (Å²) in [5.74, 6) is -0.0155. The Morgan fingerprint density at radius 1 is 1.41 bits per heavy atom. The molecule has 0 aromatic heterocycles. The third-order valence-electron chi connectivity index (χ3n) is 3.25. The van der Waals surface area contributed by atoms with Crippen molar-refractivity contribution in [1.82, 2.24) is 4.90 Å².